The molecule has 0 atom stereocenters. The summed E-state index contributed by atoms with van der Waals surface area (Å²) in [6.07, 6.45) is 1.64. The molecule has 2 heterocycles. The van der Waals surface area contributed by atoms with Gasteiger partial charge in [0, 0.05) is 28.8 Å². The fourth-order valence-corrected chi connectivity index (χ4v) is 4.22. The zero-order valence-electron chi connectivity index (χ0n) is 15.4. The quantitative estimate of drug-likeness (QED) is 0.652. The Morgan fingerprint density at radius 2 is 2.00 bits per heavy atom. The minimum absolute atomic E-state index is 0.208. The average Bonchev–Trinajstić information content (AvgIpc) is 2.94. The first-order valence-corrected chi connectivity index (χ1v) is 9.31. The molecular weight excluding hydrogens is 337 g/mol. The van der Waals surface area contributed by atoms with Crippen molar-refractivity contribution in [2.45, 2.75) is 40.2 Å². The first-order chi connectivity index (χ1) is 11.6. The zero-order chi connectivity index (χ0) is 18.4. The number of carbonyl (C=O) groups is 1. The zero-order valence-corrected chi connectivity index (χ0v) is 16.2. The molecule has 0 spiro atoms. The minimum Gasteiger partial charge on any atom is -0.444 e. The first kappa shape index (κ1) is 17.9. The van der Waals surface area contributed by atoms with Crippen LogP contribution in [0.4, 0.5) is 9.18 Å². The maximum absolute atomic E-state index is 14.7. The monoisotopic (exact) mass is 361 g/mol. The summed E-state index contributed by atoms with van der Waals surface area (Å²) >= 11 is 1.55. The maximum atomic E-state index is 14.7. The summed E-state index contributed by atoms with van der Waals surface area (Å²) < 4.78 is 21.1. The largest absolute Gasteiger partial charge is 0.444 e. The molecule has 0 fully saturated rings. The third-order valence-corrected chi connectivity index (χ3v) is 5.27. The van der Waals surface area contributed by atoms with Gasteiger partial charge in [-0.25, -0.2) is 9.18 Å². The minimum atomic E-state index is -0.528. The van der Waals surface area contributed by atoms with Crippen molar-refractivity contribution >= 4 is 33.1 Å². The van der Waals surface area contributed by atoms with Crippen molar-refractivity contribution in [2.75, 3.05) is 13.1 Å². The van der Waals surface area contributed by atoms with Gasteiger partial charge in [0.25, 0.3) is 0 Å². The Kier molecular flexibility index (Phi) is 4.40. The second-order valence-electron chi connectivity index (χ2n) is 8.12. The Morgan fingerprint density at radius 1 is 1.28 bits per heavy atom. The summed E-state index contributed by atoms with van der Waals surface area (Å²) in [6.45, 7) is 10.6. The highest BCUT2D eigenvalue weighted by atomic mass is 32.1. The molecule has 1 amide bonds. The van der Waals surface area contributed by atoms with E-state index in [1.807, 2.05) is 58.2 Å². The Labute approximate surface area is 152 Å². The van der Waals surface area contributed by atoms with E-state index >= 15 is 0 Å². The lowest BCUT2D eigenvalue weighted by atomic mass is 9.77. The molecule has 3 nitrogen and oxygen atoms in total. The van der Waals surface area contributed by atoms with Crippen molar-refractivity contribution in [2.24, 2.45) is 5.41 Å². The molecule has 1 aromatic heterocycles. The molecule has 0 N–H and O–H groups in total. The normalized spacial score (nSPS) is 17.5. The molecule has 0 unspecified atom stereocenters. The highest BCUT2D eigenvalue weighted by Crippen LogP contribution is 2.43. The van der Waals surface area contributed by atoms with Gasteiger partial charge in [0.15, 0.2) is 0 Å². The molecular formula is C20H24FNO2S. The SMILES string of the molecule is CC(C)(C)OC(=O)N1CC=C(c2c(F)ccc3ccsc23)C(C)(C)C1. The van der Waals surface area contributed by atoms with E-state index in [2.05, 4.69) is 0 Å². The van der Waals surface area contributed by atoms with E-state index in [1.54, 1.807) is 16.2 Å². The van der Waals surface area contributed by atoms with Gasteiger partial charge in [-0.15, -0.1) is 11.3 Å². The van der Waals surface area contributed by atoms with Crippen LogP contribution in [0.25, 0.3) is 15.7 Å². The summed E-state index contributed by atoms with van der Waals surface area (Å²) in [5, 5.41) is 3.03. The molecule has 5 heteroatoms. The second kappa shape index (κ2) is 6.13. The number of thiophene rings is 1. The maximum Gasteiger partial charge on any atom is 0.410 e. The van der Waals surface area contributed by atoms with E-state index in [0.717, 1.165) is 15.7 Å². The number of halogens is 1. The lowest BCUT2D eigenvalue weighted by molar-refractivity contribution is 0.0219. The number of hydrogen-bond acceptors (Lipinski definition) is 3. The Balaban J connectivity index is 1.97. The molecule has 0 bridgehead atoms. The average molecular weight is 361 g/mol. The van der Waals surface area contributed by atoms with Crippen LogP contribution in [-0.4, -0.2) is 29.7 Å². The molecule has 1 aromatic carbocycles. The van der Waals surface area contributed by atoms with Crippen LogP contribution in [-0.2, 0) is 4.74 Å². The van der Waals surface area contributed by atoms with Crippen LogP contribution in [0.3, 0.4) is 0 Å². The molecule has 0 saturated carbocycles. The van der Waals surface area contributed by atoms with Gasteiger partial charge in [-0.05, 0) is 49.2 Å². The van der Waals surface area contributed by atoms with E-state index < -0.39 is 5.60 Å². The van der Waals surface area contributed by atoms with E-state index in [4.69, 9.17) is 4.74 Å². The van der Waals surface area contributed by atoms with E-state index in [-0.39, 0.29) is 17.3 Å². The van der Waals surface area contributed by atoms with Gasteiger partial charge in [-0.2, -0.15) is 0 Å². The van der Waals surface area contributed by atoms with Crippen LogP contribution in [0.1, 0.15) is 40.2 Å². The fourth-order valence-electron chi connectivity index (χ4n) is 3.27. The Hall–Kier alpha value is -1.88. The number of rotatable bonds is 1. The summed E-state index contributed by atoms with van der Waals surface area (Å²) in [6, 6.07) is 5.35. The highest BCUT2D eigenvalue weighted by Gasteiger charge is 2.36. The molecule has 0 radical (unpaired) electrons. The van der Waals surface area contributed by atoms with Gasteiger partial charge in [0.1, 0.15) is 11.4 Å². The summed E-state index contributed by atoms with van der Waals surface area (Å²) in [7, 11) is 0. The first-order valence-electron chi connectivity index (χ1n) is 8.43. The van der Waals surface area contributed by atoms with Crippen molar-refractivity contribution in [3.05, 3.63) is 41.0 Å². The number of hydrogen-bond donors (Lipinski definition) is 0. The van der Waals surface area contributed by atoms with Crippen molar-refractivity contribution < 1.29 is 13.9 Å². The van der Waals surface area contributed by atoms with E-state index in [0.29, 0.717) is 18.7 Å². The summed E-state index contributed by atoms with van der Waals surface area (Å²) in [5.74, 6) is -0.208. The molecule has 1 aliphatic rings. The summed E-state index contributed by atoms with van der Waals surface area (Å²) in [5.41, 5.74) is 0.730. The third-order valence-electron chi connectivity index (χ3n) is 4.32. The van der Waals surface area contributed by atoms with Crippen molar-refractivity contribution in [1.29, 1.82) is 0 Å². The van der Waals surface area contributed by atoms with Gasteiger partial charge in [-0.1, -0.05) is 26.0 Å². The number of benzene rings is 1. The van der Waals surface area contributed by atoms with Crippen LogP contribution in [0.5, 0.6) is 0 Å². The number of carbonyl (C=O) groups excluding carboxylic acids is 1. The van der Waals surface area contributed by atoms with Gasteiger partial charge < -0.3 is 9.64 Å². The molecule has 1 aliphatic heterocycles. The van der Waals surface area contributed by atoms with Gasteiger partial charge in [-0.3, -0.25) is 0 Å². The van der Waals surface area contributed by atoms with Gasteiger partial charge in [0.2, 0.25) is 0 Å². The van der Waals surface area contributed by atoms with Crippen LogP contribution in [0.2, 0.25) is 0 Å². The third kappa shape index (κ3) is 3.56. The number of amides is 1. The second-order valence-corrected chi connectivity index (χ2v) is 9.04. The number of nitrogens with zero attached hydrogens (tertiary/aromatic N) is 1. The van der Waals surface area contributed by atoms with Crippen LogP contribution >= 0.6 is 11.3 Å². The molecule has 0 saturated heterocycles. The smallest absolute Gasteiger partial charge is 0.410 e. The highest BCUT2D eigenvalue weighted by molar-refractivity contribution is 7.17. The molecule has 3 rings (SSSR count). The van der Waals surface area contributed by atoms with Crippen molar-refractivity contribution in [3.63, 3.8) is 0 Å². The lowest BCUT2D eigenvalue weighted by Crippen LogP contribution is -2.45. The molecule has 25 heavy (non-hydrogen) atoms. The standard InChI is InChI=1S/C20H24FNO2S/c1-19(2,3)24-18(23)22-10-8-14(20(4,5)12-22)16-15(21)7-6-13-9-11-25-17(13)16/h6-9,11H,10,12H2,1-5H3. The number of ether oxygens (including phenoxy) is 1. The lowest BCUT2D eigenvalue weighted by Gasteiger charge is -2.39. The van der Waals surface area contributed by atoms with Crippen molar-refractivity contribution in [1.82, 2.24) is 4.90 Å². The Morgan fingerprint density at radius 3 is 2.64 bits per heavy atom. The predicted octanol–water partition coefficient (Wildman–Crippen LogP) is 5.70. The van der Waals surface area contributed by atoms with E-state index in [9.17, 15) is 9.18 Å². The van der Waals surface area contributed by atoms with Gasteiger partial charge in [0.05, 0.1) is 0 Å². The van der Waals surface area contributed by atoms with Crippen molar-refractivity contribution in [3.8, 4) is 0 Å². The molecule has 2 aromatic rings. The molecule has 134 valence electrons. The predicted molar refractivity (Wildman–Crippen MR) is 101 cm³/mol. The molecule has 0 aliphatic carbocycles. The van der Waals surface area contributed by atoms with E-state index in [1.165, 1.54) is 6.07 Å². The topological polar surface area (TPSA) is 29.5 Å². The van der Waals surface area contributed by atoms with Crippen LogP contribution < -0.4 is 0 Å². The fraction of sp³-hybridized carbons (Fsp3) is 0.450. The van der Waals surface area contributed by atoms with Crippen LogP contribution in [0, 0.1) is 11.2 Å². The van der Waals surface area contributed by atoms with Gasteiger partial charge >= 0.3 is 6.09 Å². The Bertz CT molecular complexity index is 845. The summed E-state index contributed by atoms with van der Waals surface area (Å²) in [4.78, 5) is 14.1. The van der Waals surface area contributed by atoms with Crippen LogP contribution in [0.15, 0.2) is 29.7 Å². The number of fused-ring (bicyclic) bond motifs is 1.